The van der Waals surface area contributed by atoms with Crippen molar-refractivity contribution in [2.24, 2.45) is 0 Å². The first-order chi connectivity index (χ1) is 14.8. The van der Waals surface area contributed by atoms with Crippen LogP contribution >= 0.6 is 11.8 Å². The van der Waals surface area contributed by atoms with Gasteiger partial charge < -0.3 is 15.7 Å². The molecule has 158 valence electrons. The van der Waals surface area contributed by atoms with Crippen LogP contribution in [0.3, 0.4) is 0 Å². The third-order valence-electron chi connectivity index (χ3n) is 4.43. The summed E-state index contributed by atoms with van der Waals surface area (Å²) >= 11 is 1.34. The summed E-state index contributed by atoms with van der Waals surface area (Å²) in [5.41, 5.74) is 2.75. The lowest BCUT2D eigenvalue weighted by molar-refractivity contribution is -0.115. The SMILES string of the molecule is Cc1cccc(C(=O)Nc2cccc(SC(C)C(=O)Nc3cccc(C(=O)O)c3)c2)c1. The minimum atomic E-state index is -1.05. The summed E-state index contributed by atoms with van der Waals surface area (Å²) in [6.07, 6.45) is 0. The van der Waals surface area contributed by atoms with E-state index in [9.17, 15) is 14.4 Å². The highest BCUT2D eigenvalue weighted by Gasteiger charge is 2.16. The number of thioether (sulfide) groups is 1. The molecule has 31 heavy (non-hydrogen) atoms. The molecule has 0 saturated carbocycles. The first kappa shape index (κ1) is 22.1. The van der Waals surface area contributed by atoms with Crippen LogP contribution in [0.4, 0.5) is 11.4 Å². The molecule has 1 unspecified atom stereocenters. The minimum Gasteiger partial charge on any atom is -0.478 e. The van der Waals surface area contributed by atoms with E-state index in [-0.39, 0.29) is 17.4 Å². The average molecular weight is 435 g/mol. The number of nitrogens with one attached hydrogen (secondary N) is 2. The highest BCUT2D eigenvalue weighted by atomic mass is 32.2. The van der Waals surface area contributed by atoms with Crippen LogP contribution in [0.2, 0.25) is 0 Å². The van der Waals surface area contributed by atoms with Gasteiger partial charge in [-0.3, -0.25) is 9.59 Å². The summed E-state index contributed by atoms with van der Waals surface area (Å²) in [5, 5.41) is 14.3. The van der Waals surface area contributed by atoms with Gasteiger partial charge in [-0.1, -0.05) is 29.8 Å². The Balaban J connectivity index is 1.63. The quantitative estimate of drug-likeness (QED) is 0.452. The topological polar surface area (TPSA) is 95.5 Å². The van der Waals surface area contributed by atoms with Gasteiger partial charge in [0.15, 0.2) is 0 Å². The van der Waals surface area contributed by atoms with E-state index in [4.69, 9.17) is 5.11 Å². The predicted molar refractivity (Wildman–Crippen MR) is 123 cm³/mol. The molecule has 0 aliphatic heterocycles. The summed E-state index contributed by atoms with van der Waals surface area (Å²) < 4.78 is 0. The summed E-state index contributed by atoms with van der Waals surface area (Å²) in [6.45, 7) is 3.69. The lowest BCUT2D eigenvalue weighted by Crippen LogP contribution is -2.22. The van der Waals surface area contributed by atoms with E-state index in [0.717, 1.165) is 10.5 Å². The first-order valence-corrected chi connectivity index (χ1v) is 10.5. The molecule has 7 heteroatoms. The van der Waals surface area contributed by atoms with Crippen LogP contribution in [0.5, 0.6) is 0 Å². The van der Waals surface area contributed by atoms with E-state index in [1.54, 1.807) is 31.2 Å². The molecular weight excluding hydrogens is 412 g/mol. The van der Waals surface area contributed by atoms with Crippen molar-refractivity contribution >= 4 is 40.9 Å². The second-order valence-corrected chi connectivity index (χ2v) is 8.40. The molecule has 3 aromatic rings. The third-order valence-corrected chi connectivity index (χ3v) is 5.53. The van der Waals surface area contributed by atoms with Gasteiger partial charge in [0.2, 0.25) is 5.91 Å². The number of carbonyl (C=O) groups excluding carboxylic acids is 2. The van der Waals surface area contributed by atoms with Crippen LogP contribution in [0.1, 0.15) is 33.2 Å². The highest BCUT2D eigenvalue weighted by molar-refractivity contribution is 8.00. The zero-order valence-electron chi connectivity index (χ0n) is 17.1. The molecule has 1 atom stereocenters. The van der Waals surface area contributed by atoms with Crippen molar-refractivity contribution in [3.63, 3.8) is 0 Å². The van der Waals surface area contributed by atoms with E-state index in [0.29, 0.717) is 16.9 Å². The van der Waals surface area contributed by atoms with Crippen molar-refractivity contribution in [2.45, 2.75) is 24.0 Å². The van der Waals surface area contributed by atoms with Gasteiger partial charge in [0.05, 0.1) is 10.8 Å². The maximum atomic E-state index is 12.5. The van der Waals surface area contributed by atoms with E-state index < -0.39 is 11.2 Å². The smallest absolute Gasteiger partial charge is 0.335 e. The minimum absolute atomic E-state index is 0.107. The van der Waals surface area contributed by atoms with Gasteiger partial charge in [0.1, 0.15) is 0 Å². The van der Waals surface area contributed by atoms with Crippen molar-refractivity contribution in [3.8, 4) is 0 Å². The zero-order chi connectivity index (χ0) is 22.4. The van der Waals surface area contributed by atoms with Crippen molar-refractivity contribution in [2.75, 3.05) is 10.6 Å². The molecule has 6 nitrogen and oxygen atoms in total. The number of carbonyl (C=O) groups is 3. The molecule has 0 aliphatic carbocycles. The lowest BCUT2D eigenvalue weighted by atomic mass is 10.1. The molecule has 3 N–H and O–H groups in total. The number of rotatable bonds is 7. The van der Waals surface area contributed by atoms with Crippen LogP contribution in [-0.2, 0) is 4.79 Å². The molecule has 0 heterocycles. The third kappa shape index (κ3) is 6.20. The Labute approximate surface area is 184 Å². The zero-order valence-corrected chi connectivity index (χ0v) is 17.9. The van der Waals surface area contributed by atoms with Gasteiger partial charge in [-0.05, 0) is 62.4 Å². The van der Waals surface area contributed by atoms with Crippen molar-refractivity contribution in [3.05, 3.63) is 89.5 Å². The molecule has 0 saturated heterocycles. The second-order valence-electron chi connectivity index (χ2n) is 6.99. The first-order valence-electron chi connectivity index (χ1n) is 9.61. The van der Waals surface area contributed by atoms with Gasteiger partial charge in [-0.15, -0.1) is 11.8 Å². The Bertz CT molecular complexity index is 1130. The van der Waals surface area contributed by atoms with Crippen LogP contribution in [-0.4, -0.2) is 28.1 Å². The Morgan fingerprint density at radius 3 is 2.19 bits per heavy atom. The molecule has 0 spiro atoms. The van der Waals surface area contributed by atoms with Gasteiger partial charge in [-0.2, -0.15) is 0 Å². The summed E-state index contributed by atoms with van der Waals surface area (Å²) in [4.78, 5) is 36.9. The fourth-order valence-corrected chi connectivity index (χ4v) is 3.79. The largest absolute Gasteiger partial charge is 0.478 e. The maximum Gasteiger partial charge on any atom is 0.335 e. The predicted octanol–water partition coefficient (Wildman–Crippen LogP) is 5.06. The lowest BCUT2D eigenvalue weighted by Gasteiger charge is -2.13. The van der Waals surface area contributed by atoms with Crippen molar-refractivity contribution in [1.82, 2.24) is 0 Å². The number of hydrogen-bond acceptors (Lipinski definition) is 4. The average Bonchev–Trinajstić information content (AvgIpc) is 2.74. The van der Waals surface area contributed by atoms with Crippen LogP contribution in [0, 0.1) is 6.92 Å². The molecule has 0 fully saturated rings. The Morgan fingerprint density at radius 1 is 0.839 bits per heavy atom. The second kappa shape index (κ2) is 9.95. The van der Waals surface area contributed by atoms with Crippen LogP contribution in [0.15, 0.2) is 77.7 Å². The van der Waals surface area contributed by atoms with Crippen LogP contribution in [0.25, 0.3) is 0 Å². The van der Waals surface area contributed by atoms with E-state index >= 15 is 0 Å². The summed E-state index contributed by atoms with van der Waals surface area (Å²) in [6, 6.07) is 20.7. The van der Waals surface area contributed by atoms with Gasteiger partial charge >= 0.3 is 5.97 Å². The number of aromatic carboxylic acids is 1. The van der Waals surface area contributed by atoms with Crippen molar-refractivity contribution < 1.29 is 19.5 Å². The number of carboxylic acids is 1. The highest BCUT2D eigenvalue weighted by Crippen LogP contribution is 2.27. The van der Waals surface area contributed by atoms with Crippen LogP contribution < -0.4 is 10.6 Å². The normalized spacial score (nSPS) is 11.4. The Kier molecular flexibility index (Phi) is 7.10. The van der Waals surface area contributed by atoms with Crippen molar-refractivity contribution in [1.29, 1.82) is 0 Å². The monoisotopic (exact) mass is 434 g/mol. The van der Waals surface area contributed by atoms with Gasteiger partial charge in [0.25, 0.3) is 5.91 Å². The number of amides is 2. The number of carboxylic acid groups (broad SMARTS) is 1. The number of aryl methyl sites for hydroxylation is 1. The fraction of sp³-hybridized carbons (Fsp3) is 0.125. The molecule has 2 amide bonds. The molecular formula is C24H22N2O4S. The Hall–Kier alpha value is -3.58. The molecule has 3 rings (SSSR count). The molecule has 0 aromatic heterocycles. The van der Waals surface area contributed by atoms with Gasteiger partial charge in [-0.25, -0.2) is 4.79 Å². The summed E-state index contributed by atoms with van der Waals surface area (Å²) in [7, 11) is 0. The number of hydrogen-bond donors (Lipinski definition) is 3. The fourth-order valence-electron chi connectivity index (χ4n) is 2.87. The molecule has 0 radical (unpaired) electrons. The summed E-state index contributed by atoms with van der Waals surface area (Å²) in [5.74, 6) is -1.50. The molecule has 0 bridgehead atoms. The molecule has 3 aromatic carbocycles. The number of benzene rings is 3. The standard InChI is InChI=1S/C24H22N2O4S/c1-15-6-3-7-17(12-15)23(28)26-20-10-5-11-21(14-20)31-16(2)22(27)25-19-9-4-8-18(13-19)24(29)30/h3-14,16H,1-2H3,(H,25,27)(H,26,28)(H,29,30). The van der Waals surface area contributed by atoms with E-state index in [2.05, 4.69) is 10.6 Å². The van der Waals surface area contributed by atoms with E-state index in [1.165, 1.54) is 23.9 Å². The number of anilines is 2. The van der Waals surface area contributed by atoms with Gasteiger partial charge in [0, 0.05) is 21.8 Å². The maximum absolute atomic E-state index is 12.5. The Morgan fingerprint density at radius 2 is 1.48 bits per heavy atom. The van der Waals surface area contributed by atoms with E-state index in [1.807, 2.05) is 43.3 Å². The molecule has 0 aliphatic rings.